The van der Waals surface area contributed by atoms with Crippen LogP contribution < -0.4 is 4.74 Å². The van der Waals surface area contributed by atoms with Crippen LogP contribution in [-0.4, -0.2) is 13.9 Å². The molecule has 68 valence electrons. The molecule has 0 aromatic heterocycles. The lowest BCUT2D eigenvalue weighted by Gasteiger charge is -2.06. The van der Waals surface area contributed by atoms with Crippen molar-refractivity contribution in [3.05, 3.63) is 28.2 Å². The SMILES string of the molecule is COCOc1ccc(C#N)cc1Br. The van der Waals surface area contributed by atoms with Crippen LogP contribution >= 0.6 is 15.9 Å². The molecule has 0 bridgehead atoms. The van der Waals surface area contributed by atoms with Crippen LogP contribution in [0.2, 0.25) is 0 Å². The van der Waals surface area contributed by atoms with E-state index in [1.54, 1.807) is 25.3 Å². The predicted octanol–water partition coefficient (Wildman–Crippen LogP) is 2.30. The summed E-state index contributed by atoms with van der Waals surface area (Å²) in [4.78, 5) is 0. The third-order valence-electron chi connectivity index (χ3n) is 1.39. The molecule has 1 aromatic carbocycles. The average molecular weight is 242 g/mol. The fourth-order valence-corrected chi connectivity index (χ4v) is 1.30. The summed E-state index contributed by atoms with van der Waals surface area (Å²) < 4.78 is 10.7. The maximum absolute atomic E-state index is 8.59. The minimum atomic E-state index is 0.199. The first-order valence-electron chi connectivity index (χ1n) is 3.59. The fourth-order valence-electron chi connectivity index (χ4n) is 0.810. The van der Waals surface area contributed by atoms with Gasteiger partial charge < -0.3 is 9.47 Å². The highest BCUT2D eigenvalue weighted by Gasteiger charge is 2.01. The van der Waals surface area contributed by atoms with Crippen molar-refractivity contribution in [1.82, 2.24) is 0 Å². The Bertz CT molecular complexity index is 333. The molecule has 13 heavy (non-hydrogen) atoms. The zero-order valence-electron chi connectivity index (χ0n) is 7.08. The number of rotatable bonds is 3. The molecule has 0 saturated carbocycles. The van der Waals surface area contributed by atoms with E-state index < -0.39 is 0 Å². The molecule has 0 aliphatic heterocycles. The maximum Gasteiger partial charge on any atom is 0.188 e. The Hall–Kier alpha value is -1.05. The number of methoxy groups -OCH3 is 1. The molecular weight excluding hydrogens is 234 g/mol. The second-order valence-electron chi connectivity index (χ2n) is 2.31. The summed E-state index contributed by atoms with van der Waals surface area (Å²) in [5.41, 5.74) is 0.594. The van der Waals surface area contributed by atoms with Gasteiger partial charge in [0.25, 0.3) is 0 Å². The highest BCUT2D eigenvalue weighted by atomic mass is 79.9. The van der Waals surface area contributed by atoms with Crippen LogP contribution in [0.3, 0.4) is 0 Å². The van der Waals surface area contributed by atoms with Crippen molar-refractivity contribution in [3.63, 3.8) is 0 Å². The summed E-state index contributed by atoms with van der Waals surface area (Å²) in [6.45, 7) is 0.199. The molecule has 0 aliphatic carbocycles. The lowest BCUT2D eigenvalue weighted by atomic mass is 10.2. The first-order valence-corrected chi connectivity index (χ1v) is 4.38. The lowest BCUT2D eigenvalue weighted by Crippen LogP contribution is -1.99. The third-order valence-corrected chi connectivity index (χ3v) is 2.01. The summed E-state index contributed by atoms with van der Waals surface area (Å²) >= 11 is 3.29. The van der Waals surface area contributed by atoms with Gasteiger partial charge in [0.1, 0.15) is 5.75 Å². The molecule has 0 atom stereocenters. The van der Waals surface area contributed by atoms with Crippen LogP contribution in [0.15, 0.2) is 22.7 Å². The van der Waals surface area contributed by atoms with E-state index in [0.29, 0.717) is 11.3 Å². The Morgan fingerprint density at radius 1 is 1.54 bits per heavy atom. The molecular formula is C9H8BrNO2. The van der Waals surface area contributed by atoms with E-state index in [1.165, 1.54) is 0 Å². The zero-order valence-corrected chi connectivity index (χ0v) is 8.67. The Morgan fingerprint density at radius 2 is 2.31 bits per heavy atom. The van der Waals surface area contributed by atoms with Crippen molar-refractivity contribution in [2.75, 3.05) is 13.9 Å². The van der Waals surface area contributed by atoms with Gasteiger partial charge in [-0.25, -0.2) is 0 Å². The van der Waals surface area contributed by atoms with Gasteiger partial charge in [-0.15, -0.1) is 0 Å². The fraction of sp³-hybridized carbons (Fsp3) is 0.222. The minimum absolute atomic E-state index is 0.199. The van der Waals surface area contributed by atoms with Crippen LogP contribution in [0.1, 0.15) is 5.56 Å². The van der Waals surface area contributed by atoms with Gasteiger partial charge in [-0.05, 0) is 34.1 Å². The molecule has 0 amide bonds. The van der Waals surface area contributed by atoms with E-state index in [-0.39, 0.29) is 6.79 Å². The van der Waals surface area contributed by atoms with Gasteiger partial charge in [-0.1, -0.05) is 0 Å². The summed E-state index contributed by atoms with van der Waals surface area (Å²) in [5, 5.41) is 8.59. The van der Waals surface area contributed by atoms with E-state index in [4.69, 9.17) is 14.7 Å². The van der Waals surface area contributed by atoms with Gasteiger partial charge in [0.15, 0.2) is 6.79 Å². The molecule has 4 heteroatoms. The Kier molecular flexibility index (Phi) is 3.74. The van der Waals surface area contributed by atoms with Crippen LogP contribution in [-0.2, 0) is 4.74 Å². The second kappa shape index (κ2) is 4.85. The molecule has 1 aromatic rings. The normalized spacial score (nSPS) is 9.31. The van der Waals surface area contributed by atoms with Crippen molar-refractivity contribution in [2.24, 2.45) is 0 Å². The molecule has 3 nitrogen and oxygen atoms in total. The molecule has 0 N–H and O–H groups in total. The summed E-state index contributed by atoms with van der Waals surface area (Å²) in [5.74, 6) is 0.667. The molecule has 0 spiro atoms. The Morgan fingerprint density at radius 3 is 2.85 bits per heavy atom. The van der Waals surface area contributed by atoms with E-state index in [2.05, 4.69) is 15.9 Å². The van der Waals surface area contributed by atoms with Gasteiger partial charge in [0.05, 0.1) is 16.1 Å². The Balaban J connectivity index is 2.81. The van der Waals surface area contributed by atoms with Crippen LogP contribution in [0.4, 0.5) is 0 Å². The van der Waals surface area contributed by atoms with Crippen LogP contribution in [0.25, 0.3) is 0 Å². The zero-order chi connectivity index (χ0) is 9.68. The second-order valence-corrected chi connectivity index (χ2v) is 3.16. The minimum Gasteiger partial charge on any atom is -0.466 e. The standard InChI is InChI=1S/C9H8BrNO2/c1-12-6-13-9-3-2-7(5-11)4-8(9)10/h2-4H,6H2,1H3. The van der Waals surface area contributed by atoms with Gasteiger partial charge in [0, 0.05) is 7.11 Å². The van der Waals surface area contributed by atoms with Gasteiger partial charge in [-0.3, -0.25) is 0 Å². The first kappa shape index (κ1) is 10.0. The number of nitrogens with zero attached hydrogens (tertiary/aromatic N) is 1. The van der Waals surface area contributed by atoms with Gasteiger partial charge in [-0.2, -0.15) is 5.26 Å². The molecule has 0 aliphatic rings. The van der Waals surface area contributed by atoms with Crippen LogP contribution in [0, 0.1) is 11.3 Å². The number of hydrogen-bond donors (Lipinski definition) is 0. The topological polar surface area (TPSA) is 42.2 Å². The monoisotopic (exact) mass is 241 g/mol. The summed E-state index contributed by atoms with van der Waals surface area (Å²) in [6, 6.07) is 7.15. The van der Waals surface area contributed by atoms with Crippen molar-refractivity contribution in [1.29, 1.82) is 5.26 Å². The summed E-state index contributed by atoms with van der Waals surface area (Å²) in [7, 11) is 1.55. The molecule has 0 unspecified atom stereocenters. The Labute approximate surface area is 85.0 Å². The number of benzene rings is 1. The van der Waals surface area contributed by atoms with Crippen LogP contribution in [0.5, 0.6) is 5.75 Å². The smallest absolute Gasteiger partial charge is 0.188 e. The summed E-state index contributed by atoms with van der Waals surface area (Å²) in [6.07, 6.45) is 0. The molecule has 1 rings (SSSR count). The quantitative estimate of drug-likeness (QED) is 0.763. The number of ether oxygens (including phenoxy) is 2. The van der Waals surface area contributed by atoms with Crippen molar-refractivity contribution >= 4 is 15.9 Å². The molecule has 0 radical (unpaired) electrons. The lowest BCUT2D eigenvalue weighted by molar-refractivity contribution is 0.0506. The van der Waals surface area contributed by atoms with Crippen molar-refractivity contribution in [3.8, 4) is 11.8 Å². The van der Waals surface area contributed by atoms with E-state index >= 15 is 0 Å². The molecule has 0 saturated heterocycles. The van der Waals surface area contributed by atoms with Gasteiger partial charge >= 0.3 is 0 Å². The maximum atomic E-state index is 8.59. The number of hydrogen-bond acceptors (Lipinski definition) is 3. The number of halogens is 1. The van der Waals surface area contributed by atoms with Crippen molar-refractivity contribution < 1.29 is 9.47 Å². The van der Waals surface area contributed by atoms with Gasteiger partial charge in [0.2, 0.25) is 0 Å². The predicted molar refractivity (Wildman–Crippen MR) is 51.4 cm³/mol. The first-order chi connectivity index (χ1) is 6.27. The molecule has 0 heterocycles. The highest BCUT2D eigenvalue weighted by molar-refractivity contribution is 9.10. The highest BCUT2D eigenvalue weighted by Crippen LogP contribution is 2.25. The van der Waals surface area contributed by atoms with E-state index in [9.17, 15) is 0 Å². The average Bonchev–Trinajstić information content (AvgIpc) is 2.16. The van der Waals surface area contributed by atoms with E-state index in [0.717, 1.165) is 4.47 Å². The number of nitriles is 1. The van der Waals surface area contributed by atoms with E-state index in [1.807, 2.05) is 6.07 Å². The largest absolute Gasteiger partial charge is 0.466 e. The molecule has 0 fully saturated rings. The third kappa shape index (κ3) is 2.72. The van der Waals surface area contributed by atoms with Crippen molar-refractivity contribution in [2.45, 2.75) is 0 Å².